The van der Waals surface area contributed by atoms with E-state index in [0.29, 0.717) is 0 Å². The maximum atomic E-state index is 2.51. The minimum Gasteiger partial charge on any atom is -0.311 e. The quantitative estimate of drug-likeness (QED) is 0.114. The lowest BCUT2D eigenvalue weighted by molar-refractivity contribution is 0.661. The largest absolute Gasteiger partial charge is 0.311 e. The zero-order valence-electron chi connectivity index (χ0n) is 40.3. The van der Waals surface area contributed by atoms with Crippen molar-refractivity contribution in [3.63, 3.8) is 0 Å². The van der Waals surface area contributed by atoms with Gasteiger partial charge in [-0.05, 0) is 175 Å². The van der Waals surface area contributed by atoms with Crippen LogP contribution in [-0.2, 0) is 5.41 Å². The van der Waals surface area contributed by atoms with E-state index in [1.807, 2.05) is 0 Å². The Bertz CT molecular complexity index is 4100. The summed E-state index contributed by atoms with van der Waals surface area (Å²) >= 11 is 0. The fourth-order valence-corrected chi connectivity index (χ4v) is 12.1. The summed E-state index contributed by atoms with van der Waals surface area (Å²) in [6.45, 7) is 4.83. The molecule has 0 fully saturated rings. The number of nitrogens with zero attached hydrogens (tertiary/aromatic N) is 1. The second-order valence-corrected chi connectivity index (χ2v) is 20.0. The van der Waals surface area contributed by atoms with Crippen LogP contribution in [0.1, 0.15) is 25.0 Å². The fraction of sp³-hybridized carbons (Fsp3) is 0.0423. The lowest BCUT2D eigenvalue weighted by Crippen LogP contribution is -2.15. The Morgan fingerprint density at radius 3 is 1.00 bits per heavy atom. The molecule has 338 valence electrons. The van der Waals surface area contributed by atoms with Crippen LogP contribution < -0.4 is 4.90 Å². The summed E-state index contributed by atoms with van der Waals surface area (Å²) in [4.78, 5) is 2.37. The standard InChI is InChI=1S/C71H49N/c1-71(2)67-43-51(35-42-59(67)66-44-64-57-23-11-9-21-55(57)56-22-10-12-24-58(56)65(64)45-68(66)71)70-62-27-15-13-25-60(62)69(61-26-14-16-28-63(61)70)50-33-40-54(41-34-50)72(52-36-29-48(30-37-52)46-17-5-3-6-18-46)53-38-31-49(32-39-53)47-19-7-4-8-20-47/h3-45H,1-2H3. The van der Waals surface area contributed by atoms with E-state index < -0.39 is 0 Å². The molecule has 14 rings (SSSR count). The smallest absolute Gasteiger partial charge is 0.0462 e. The van der Waals surface area contributed by atoms with Crippen LogP contribution >= 0.6 is 0 Å². The van der Waals surface area contributed by atoms with Crippen molar-refractivity contribution in [2.75, 3.05) is 4.90 Å². The molecule has 1 aliphatic carbocycles. The van der Waals surface area contributed by atoms with Crippen LogP contribution in [0.2, 0.25) is 0 Å². The van der Waals surface area contributed by atoms with E-state index in [4.69, 9.17) is 0 Å². The van der Waals surface area contributed by atoms with Crippen molar-refractivity contribution in [1.29, 1.82) is 0 Å². The Morgan fingerprint density at radius 2 is 0.556 bits per heavy atom. The summed E-state index contributed by atoms with van der Waals surface area (Å²) in [6, 6.07) is 96.5. The molecule has 0 heterocycles. The van der Waals surface area contributed by atoms with E-state index in [-0.39, 0.29) is 5.41 Å². The van der Waals surface area contributed by atoms with Gasteiger partial charge in [-0.1, -0.05) is 220 Å². The van der Waals surface area contributed by atoms with Crippen molar-refractivity contribution in [2.45, 2.75) is 19.3 Å². The molecule has 0 saturated heterocycles. The lowest BCUT2D eigenvalue weighted by atomic mass is 9.79. The van der Waals surface area contributed by atoms with E-state index in [0.717, 1.165) is 17.1 Å². The van der Waals surface area contributed by atoms with Crippen LogP contribution in [0.4, 0.5) is 17.1 Å². The highest BCUT2D eigenvalue weighted by molar-refractivity contribution is 6.26. The normalized spacial score (nSPS) is 12.7. The molecule has 1 nitrogen and oxygen atoms in total. The Balaban J connectivity index is 0.884. The van der Waals surface area contributed by atoms with Crippen molar-refractivity contribution in [1.82, 2.24) is 0 Å². The molecule has 13 aromatic carbocycles. The molecule has 0 N–H and O–H groups in total. The number of benzene rings is 13. The monoisotopic (exact) mass is 915 g/mol. The van der Waals surface area contributed by atoms with Crippen LogP contribution in [0, 0.1) is 0 Å². The number of rotatable bonds is 7. The van der Waals surface area contributed by atoms with Crippen LogP contribution in [-0.4, -0.2) is 0 Å². The minimum absolute atomic E-state index is 0.198. The number of fused-ring (bicyclic) bond motifs is 11. The summed E-state index contributed by atoms with van der Waals surface area (Å²) in [5, 5.41) is 12.9. The number of hydrogen-bond donors (Lipinski definition) is 0. The summed E-state index contributed by atoms with van der Waals surface area (Å²) in [5.74, 6) is 0. The molecule has 0 bridgehead atoms. The van der Waals surface area contributed by atoms with Gasteiger partial charge in [-0.25, -0.2) is 0 Å². The maximum Gasteiger partial charge on any atom is 0.0462 e. The molecule has 0 aromatic heterocycles. The molecule has 1 heteroatoms. The average Bonchev–Trinajstić information content (AvgIpc) is 3.67. The SMILES string of the molecule is CC1(C)c2cc(-c3c4ccccc4c(-c4ccc(N(c5ccc(-c6ccccc6)cc5)c5ccc(-c6ccccc6)cc5)cc4)c4ccccc34)ccc2-c2cc3c4ccccc4c4ccccc4c3cc21. The van der Waals surface area contributed by atoms with Crippen molar-refractivity contribution in [2.24, 2.45) is 0 Å². The predicted octanol–water partition coefficient (Wildman–Crippen LogP) is 19.9. The highest BCUT2D eigenvalue weighted by atomic mass is 15.1. The summed E-state index contributed by atoms with van der Waals surface area (Å²) in [5.41, 5.74) is 18.3. The first-order valence-electron chi connectivity index (χ1n) is 25.2. The van der Waals surface area contributed by atoms with Gasteiger partial charge in [0.25, 0.3) is 0 Å². The Morgan fingerprint density at radius 1 is 0.236 bits per heavy atom. The van der Waals surface area contributed by atoms with Crippen LogP contribution in [0.5, 0.6) is 0 Å². The van der Waals surface area contributed by atoms with E-state index in [9.17, 15) is 0 Å². The predicted molar refractivity (Wildman–Crippen MR) is 308 cm³/mol. The van der Waals surface area contributed by atoms with Gasteiger partial charge >= 0.3 is 0 Å². The molecule has 72 heavy (non-hydrogen) atoms. The van der Waals surface area contributed by atoms with Crippen LogP contribution in [0.25, 0.3) is 109 Å². The number of anilines is 3. The third-order valence-electron chi connectivity index (χ3n) is 15.6. The average molecular weight is 916 g/mol. The second kappa shape index (κ2) is 16.5. The van der Waals surface area contributed by atoms with Gasteiger partial charge in [0.1, 0.15) is 0 Å². The van der Waals surface area contributed by atoms with Gasteiger partial charge in [-0.15, -0.1) is 0 Å². The summed E-state index contributed by atoms with van der Waals surface area (Å²) < 4.78 is 0. The van der Waals surface area contributed by atoms with Gasteiger partial charge in [0.05, 0.1) is 0 Å². The van der Waals surface area contributed by atoms with Gasteiger partial charge in [-0.3, -0.25) is 0 Å². The molecule has 1 aliphatic rings. The third kappa shape index (κ3) is 6.62. The minimum atomic E-state index is -0.198. The van der Waals surface area contributed by atoms with E-state index in [2.05, 4.69) is 280 Å². The fourth-order valence-electron chi connectivity index (χ4n) is 12.1. The Labute approximate surface area is 420 Å². The first-order valence-corrected chi connectivity index (χ1v) is 25.2. The first kappa shape index (κ1) is 41.9. The van der Waals surface area contributed by atoms with Gasteiger partial charge in [0, 0.05) is 22.5 Å². The molecule has 0 radical (unpaired) electrons. The van der Waals surface area contributed by atoms with Gasteiger partial charge < -0.3 is 4.90 Å². The molecular formula is C71H49N. The molecule has 13 aromatic rings. The van der Waals surface area contributed by atoms with Crippen LogP contribution in [0.15, 0.2) is 261 Å². The van der Waals surface area contributed by atoms with Crippen molar-refractivity contribution in [3.8, 4) is 55.6 Å². The van der Waals surface area contributed by atoms with Crippen LogP contribution in [0.3, 0.4) is 0 Å². The highest BCUT2D eigenvalue weighted by Crippen LogP contribution is 2.54. The summed E-state index contributed by atoms with van der Waals surface area (Å²) in [6.07, 6.45) is 0. The maximum absolute atomic E-state index is 2.51. The Kier molecular flexibility index (Phi) is 9.63. The van der Waals surface area contributed by atoms with Gasteiger partial charge in [0.2, 0.25) is 0 Å². The van der Waals surface area contributed by atoms with Gasteiger partial charge in [-0.2, -0.15) is 0 Å². The molecule has 0 saturated carbocycles. The molecule has 0 atom stereocenters. The molecule has 0 amide bonds. The van der Waals surface area contributed by atoms with E-state index >= 15 is 0 Å². The Hall–Kier alpha value is -9.04. The molecular weight excluding hydrogens is 867 g/mol. The first-order chi connectivity index (χ1) is 35.5. The molecule has 0 aliphatic heterocycles. The molecule has 0 unspecified atom stereocenters. The van der Waals surface area contributed by atoms with E-state index in [1.165, 1.54) is 121 Å². The van der Waals surface area contributed by atoms with E-state index in [1.54, 1.807) is 0 Å². The second-order valence-electron chi connectivity index (χ2n) is 20.0. The van der Waals surface area contributed by atoms with Crippen molar-refractivity contribution >= 4 is 70.9 Å². The zero-order valence-corrected chi connectivity index (χ0v) is 40.3. The van der Waals surface area contributed by atoms with Crippen molar-refractivity contribution < 1.29 is 0 Å². The molecule has 0 spiro atoms. The third-order valence-corrected chi connectivity index (χ3v) is 15.6. The summed E-state index contributed by atoms with van der Waals surface area (Å²) in [7, 11) is 0. The topological polar surface area (TPSA) is 3.24 Å². The van der Waals surface area contributed by atoms with Gasteiger partial charge in [0.15, 0.2) is 0 Å². The zero-order chi connectivity index (χ0) is 47.9. The number of hydrogen-bond acceptors (Lipinski definition) is 1. The highest BCUT2D eigenvalue weighted by Gasteiger charge is 2.36. The van der Waals surface area contributed by atoms with Crippen molar-refractivity contribution in [3.05, 3.63) is 272 Å². The lowest BCUT2D eigenvalue weighted by Gasteiger charge is -2.26.